The summed E-state index contributed by atoms with van der Waals surface area (Å²) in [6.07, 6.45) is 5.53. The fourth-order valence-electron chi connectivity index (χ4n) is 6.87. The van der Waals surface area contributed by atoms with Gasteiger partial charge in [0.25, 0.3) is 0 Å². The normalized spacial score (nSPS) is 10.7. The van der Waals surface area contributed by atoms with Gasteiger partial charge in [-0.15, -0.1) is 0 Å². The molecule has 0 nitrogen and oxygen atoms in total. The van der Waals surface area contributed by atoms with Crippen LogP contribution in [0.5, 0.6) is 0 Å². The third kappa shape index (κ3) is 11.0. The van der Waals surface area contributed by atoms with Crippen LogP contribution in [0.4, 0.5) is 0 Å². The van der Waals surface area contributed by atoms with E-state index in [1.165, 1.54) is 66.8 Å². The van der Waals surface area contributed by atoms with Gasteiger partial charge in [0.2, 0.25) is 0 Å². The number of benzene rings is 7. The van der Waals surface area contributed by atoms with E-state index in [0.29, 0.717) is 0 Å². The van der Waals surface area contributed by atoms with E-state index in [0.717, 1.165) is 38.5 Å². The van der Waals surface area contributed by atoms with E-state index in [2.05, 4.69) is 182 Å². The molecule has 0 heterocycles. The number of rotatable bonds is 12. The van der Waals surface area contributed by atoms with Crippen molar-refractivity contribution in [3.63, 3.8) is 0 Å². The maximum atomic E-state index is 5.67. The molecule has 0 spiro atoms. The third-order valence-corrected chi connectivity index (χ3v) is 8.95. The summed E-state index contributed by atoms with van der Waals surface area (Å²) < 4.78 is 5.67. The minimum Gasteiger partial charge on any atom is -0.183 e. The largest absolute Gasteiger partial charge is 0.183 e. The quantitative estimate of drug-likeness (QED) is 0.0864. The van der Waals surface area contributed by atoms with Crippen LogP contribution in [0.3, 0.4) is 0 Å². The average molecular weight is 742 g/mol. The predicted octanol–water partition coefficient (Wildman–Crippen LogP) is 11.1. The summed E-state index contributed by atoms with van der Waals surface area (Å²) in [5, 5.41) is 0. The fourth-order valence-corrected chi connectivity index (χ4v) is 6.87. The van der Waals surface area contributed by atoms with E-state index in [4.69, 9.17) is 1.28 Å². The van der Waals surface area contributed by atoms with Crippen LogP contribution in [0.2, 0.25) is 0 Å². The first-order valence-corrected chi connectivity index (χ1v) is 17.1. The van der Waals surface area contributed by atoms with Crippen LogP contribution in [-0.4, -0.2) is 1.28 Å². The fraction of sp³-hybridized carbons (Fsp3) is 0.125. The van der Waals surface area contributed by atoms with Gasteiger partial charge in [-0.1, -0.05) is 169 Å². The Morgan fingerprint density at radius 3 is 0.740 bits per heavy atom. The molecule has 50 heavy (non-hydrogen) atoms. The zero-order valence-electron chi connectivity index (χ0n) is 29.6. The van der Waals surface area contributed by atoms with E-state index in [-0.39, 0.29) is 32.7 Å². The Bertz CT molecular complexity index is 1800. The van der Waals surface area contributed by atoms with Crippen LogP contribution >= 0.6 is 9.84 Å². The van der Waals surface area contributed by atoms with Gasteiger partial charge in [-0.25, -0.2) is 0 Å². The Morgan fingerprint density at radius 2 is 0.500 bits per heavy atom. The van der Waals surface area contributed by atoms with E-state index in [1.54, 1.807) is 9.84 Å². The summed E-state index contributed by atoms with van der Waals surface area (Å²) in [6.45, 7) is 0. The minimum absolute atomic E-state index is 0. The zero-order chi connectivity index (χ0) is 34.4. The smallest absolute Gasteiger partial charge is 0.0511 e. The third-order valence-electron chi connectivity index (χ3n) is 8.95. The van der Waals surface area contributed by atoms with Crippen molar-refractivity contribution in [2.75, 3.05) is 0 Å². The van der Waals surface area contributed by atoms with Crippen molar-refractivity contribution in [3.8, 4) is 0 Å². The summed E-state index contributed by atoms with van der Waals surface area (Å²) in [7, 11) is 1.67. The second kappa shape index (κ2) is 18.9. The van der Waals surface area contributed by atoms with Gasteiger partial charge in [0.05, 0.1) is 1.28 Å². The molecule has 0 aromatic heterocycles. The number of hydrogen-bond donors (Lipinski definition) is 0. The SMILES string of the molecule is [2H]P.[Y].[c-]1cc(Cc2cc(Cc3ccccc3)cc(Cc3ccccc3)c2)cc(Cc2cc(Cc3ccccc3)cc(Cc3ccccc3)c2)c1. The molecule has 0 aliphatic rings. The molecule has 1 unspecified atom stereocenters. The molecule has 0 fully saturated rings. The van der Waals surface area contributed by atoms with Gasteiger partial charge in [-0.3, -0.25) is 0 Å². The molecule has 0 bridgehead atoms. The van der Waals surface area contributed by atoms with E-state index in [9.17, 15) is 0 Å². The van der Waals surface area contributed by atoms with Crippen molar-refractivity contribution in [3.05, 3.63) is 249 Å². The van der Waals surface area contributed by atoms with Gasteiger partial charge in [0.1, 0.15) is 0 Å². The Hall–Kier alpha value is -3.93. The molecule has 0 saturated carbocycles. The van der Waals surface area contributed by atoms with Crippen molar-refractivity contribution in [2.24, 2.45) is 0 Å². The van der Waals surface area contributed by atoms with Crippen LogP contribution in [0.15, 0.2) is 176 Å². The Balaban J connectivity index is 0.00000165. The first kappa shape index (κ1) is 35.9. The van der Waals surface area contributed by atoms with Gasteiger partial charge in [-0.05, 0) is 83.0 Å². The average Bonchev–Trinajstić information content (AvgIpc) is 3.14. The molecule has 2 heteroatoms. The first-order chi connectivity index (χ1) is 24.7. The van der Waals surface area contributed by atoms with Crippen LogP contribution in [0.1, 0.15) is 66.8 Å². The molecule has 1 radical (unpaired) electrons. The summed E-state index contributed by atoms with van der Waals surface area (Å²) in [5.41, 5.74) is 16.2. The van der Waals surface area contributed by atoms with Crippen molar-refractivity contribution in [1.82, 2.24) is 0 Å². The van der Waals surface area contributed by atoms with Gasteiger partial charge < -0.3 is 0 Å². The molecule has 0 aliphatic carbocycles. The topological polar surface area (TPSA) is 0 Å². The maximum absolute atomic E-state index is 5.67. The summed E-state index contributed by atoms with van der Waals surface area (Å²) in [4.78, 5) is 0. The molecule has 0 N–H and O–H groups in total. The van der Waals surface area contributed by atoms with Gasteiger partial charge >= 0.3 is 0 Å². The van der Waals surface area contributed by atoms with Gasteiger partial charge in [-0.2, -0.15) is 45.2 Å². The van der Waals surface area contributed by atoms with E-state index in [1.807, 2.05) is 0 Å². The summed E-state index contributed by atoms with van der Waals surface area (Å²) in [6, 6.07) is 67.8. The maximum Gasteiger partial charge on any atom is 0.0511 e. The molecule has 0 amide bonds. The van der Waals surface area contributed by atoms with E-state index < -0.39 is 0 Å². The van der Waals surface area contributed by atoms with Crippen molar-refractivity contribution in [1.29, 1.82) is 1.28 Å². The van der Waals surface area contributed by atoms with Gasteiger partial charge in [0, 0.05) is 32.7 Å². The molecule has 7 rings (SSSR count). The Kier molecular flexibility index (Phi) is 13.6. The van der Waals surface area contributed by atoms with Crippen molar-refractivity contribution < 1.29 is 32.7 Å². The molecule has 7 aromatic rings. The zero-order valence-corrected chi connectivity index (χ0v) is 32.6. The molecule has 0 saturated heterocycles. The molecule has 0 aliphatic heterocycles. The molecular weight excluding hydrogens is 696 g/mol. The summed E-state index contributed by atoms with van der Waals surface area (Å²) >= 11 is 0. The number of hydrogen-bond acceptors (Lipinski definition) is 0. The first-order valence-electron chi connectivity index (χ1n) is 17.7. The van der Waals surface area contributed by atoms with Crippen LogP contribution in [-0.2, 0) is 71.2 Å². The summed E-state index contributed by atoms with van der Waals surface area (Å²) in [5.74, 6) is 0. The predicted molar refractivity (Wildman–Crippen MR) is 212 cm³/mol. The Labute approximate surface area is 328 Å². The molecule has 245 valence electrons. The van der Waals surface area contributed by atoms with Gasteiger partial charge in [0.15, 0.2) is 0 Å². The second-order valence-electron chi connectivity index (χ2n) is 13.1. The molecule has 1 atom stereocenters. The minimum atomic E-state index is 0. The standard InChI is InChI=1S/C48H41.H3P.Y/c1-5-14-37(15-6-1)24-43-31-44(25-38-16-7-2-8-17-38)34-47(33-43)29-41-22-13-23-42(28-41)30-48-35-45(26-39-18-9-3-10-19-39)32-46(36-48)27-40-20-11-4-12-21-40;;/h1-12,14-23,28,31-36H,24-27,29-30H2;1H3;/q-1;;/i;1D;. The second-order valence-corrected chi connectivity index (χ2v) is 13.1. The molecular formula is C48H44PY-. The van der Waals surface area contributed by atoms with Crippen LogP contribution in [0, 0.1) is 6.07 Å². The Morgan fingerprint density at radius 1 is 0.300 bits per heavy atom. The monoisotopic (exact) mass is 741 g/mol. The van der Waals surface area contributed by atoms with Crippen LogP contribution in [0.25, 0.3) is 0 Å². The van der Waals surface area contributed by atoms with Crippen molar-refractivity contribution in [2.45, 2.75) is 38.5 Å². The van der Waals surface area contributed by atoms with Crippen LogP contribution < -0.4 is 0 Å². The molecule has 7 aromatic carbocycles. The van der Waals surface area contributed by atoms with E-state index >= 15 is 0 Å². The van der Waals surface area contributed by atoms with Crippen molar-refractivity contribution >= 4 is 9.84 Å².